The van der Waals surface area contributed by atoms with Crippen molar-refractivity contribution in [3.8, 4) is 5.75 Å². The molecule has 0 bridgehead atoms. The van der Waals surface area contributed by atoms with Gasteiger partial charge in [0.25, 0.3) is 0 Å². The fourth-order valence-corrected chi connectivity index (χ4v) is 5.96. The molecule has 41 heavy (non-hydrogen) atoms. The number of thioether (sulfide) groups is 1. The summed E-state index contributed by atoms with van der Waals surface area (Å²) in [6.07, 6.45) is 2.26. The van der Waals surface area contributed by atoms with Crippen molar-refractivity contribution in [2.45, 2.75) is 50.5 Å². The molecule has 2 atom stereocenters. The normalized spacial score (nSPS) is 17.1. The first-order valence-corrected chi connectivity index (χ1v) is 15.3. The van der Waals surface area contributed by atoms with Crippen LogP contribution in [-0.4, -0.2) is 60.0 Å². The number of Topliss-reactive ketones (excluding diaryl/α,β-unsaturated/α-hetero) is 1. The Hall–Kier alpha value is -2.84. The first kappa shape index (κ1) is 31.1. The highest BCUT2D eigenvalue weighted by atomic mass is 35.5. The van der Waals surface area contributed by atoms with Gasteiger partial charge >= 0.3 is 0 Å². The Morgan fingerprint density at radius 1 is 1.02 bits per heavy atom. The van der Waals surface area contributed by atoms with Crippen molar-refractivity contribution < 1.29 is 24.2 Å². The van der Waals surface area contributed by atoms with E-state index in [-0.39, 0.29) is 43.3 Å². The molecular formula is C33H38ClNO5S. The molecule has 0 saturated carbocycles. The number of amides is 1. The van der Waals surface area contributed by atoms with Crippen molar-refractivity contribution in [3.05, 3.63) is 93.5 Å². The monoisotopic (exact) mass is 595 g/mol. The fourth-order valence-electron chi connectivity index (χ4n) is 5.42. The smallest absolute Gasteiger partial charge is 0.227 e. The molecule has 3 aromatic carbocycles. The number of benzene rings is 3. The molecule has 1 aliphatic rings. The Morgan fingerprint density at radius 3 is 2.24 bits per heavy atom. The maximum Gasteiger partial charge on any atom is 0.227 e. The molecular weight excluding hydrogens is 558 g/mol. The SMILES string of the molecule is CSc1ccc(C(=O)C2CN(C(=O)Cc3ccc(Cl)cc3)CC2c2cc(C)c(OC(C)(C)COCO)c(C)c2)cc1. The number of carbonyl (C=O) groups is 2. The highest BCUT2D eigenvalue weighted by molar-refractivity contribution is 7.98. The summed E-state index contributed by atoms with van der Waals surface area (Å²) >= 11 is 7.66. The number of carbonyl (C=O) groups excluding carboxylic acids is 2. The van der Waals surface area contributed by atoms with E-state index in [1.54, 1.807) is 23.9 Å². The second kappa shape index (κ2) is 13.4. The number of rotatable bonds is 11. The maximum atomic E-state index is 13.9. The molecule has 0 spiro atoms. The molecule has 3 aromatic rings. The molecule has 0 radical (unpaired) electrons. The summed E-state index contributed by atoms with van der Waals surface area (Å²) in [7, 11) is 0. The van der Waals surface area contributed by atoms with Gasteiger partial charge < -0.3 is 19.5 Å². The zero-order chi connectivity index (χ0) is 29.7. The van der Waals surface area contributed by atoms with Gasteiger partial charge in [-0.3, -0.25) is 9.59 Å². The van der Waals surface area contributed by atoms with Gasteiger partial charge in [0.05, 0.1) is 13.0 Å². The summed E-state index contributed by atoms with van der Waals surface area (Å²) in [4.78, 5) is 30.2. The van der Waals surface area contributed by atoms with Gasteiger partial charge in [0.1, 0.15) is 18.1 Å². The number of likely N-dealkylation sites (tertiary alicyclic amines) is 1. The van der Waals surface area contributed by atoms with Gasteiger partial charge in [0.2, 0.25) is 5.91 Å². The minimum Gasteiger partial charge on any atom is -0.485 e. The number of aliphatic hydroxyl groups is 1. The molecule has 6 nitrogen and oxygen atoms in total. The largest absolute Gasteiger partial charge is 0.485 e. The second-order valence-electron chi connectivity index (χ2n) is 11.2. The standard InChI is InChI=1S/C33H38ClNO5S/c1-21-14-25(15-22(2)32(21)40-33(3,4)19-39-20-36)28-17-35(30(37)16-23-6-10-26(34)11-7-23)18-29(28)31(38)24-8-12-27(41-5)13-9-24/h6-15,28-29,36H,16-20H2,1-5H3. The van der Waals surface area contributed by atoms with Crippen LogP contribution in [0.5, 0.6) is 5.75 Å². The van der Waals surface area contributed by atoms with E-state index in [0.29, 0.717) is 23.7 Å². The molecule has 1 amide bonds. The van der Waals surface area contributed by atoms with Crippen molar-refractivity contribution >= 4 is 35.1 Å². The van der Waals surface area contributed by atoms with Gasteiger partial charge in [-0.2, -0.15) is 0 Å². The first-order chi connectivity index (χ1) is 19.5. The first-order valence-electron chi connectivity index (χ1n) is 13.7. The minimum absolute atomic E-state index is 0.00983. The summed E-state index contributed by atoms with van der Waals surface area (Å²) in [5.74, 6) is 0.259. The van der Waals surface area contributed by atoms with Crippen LogP contribution in [0.2, 0.25) is 5.02 Å². The Balaban J connectivity index is 1.63. The van der Waals surface area contributed by atoms with Crippen LogP contribution in [0.4, 0.5) is 0 Å². The molecule has 8 heteroatoms. The Morgan fingerprint density at radius 2 is 1.66 bits per heavy atom. The fraction of sp³-hybridized carbons (Fsp3) is 0.394. The van der Waals surface area contributed by atoms with Gasteiger partial charge in [-0.15, -0.1) is 11.8 Å². The van der Waals surface area contributed by atoms with E-state index in [9.17, 15) is 9.59 Å². The van der Waals surface area contributed by atoms with E-state index in [0.717, 1.165) is 32.9 Å². The van der Waals surface area contributed by atoms with E-state index in [2.05, 4.69) is 12.1 Å². The summed E-state index contributed by atoms with van der Waals surface area (Å²) in [6, 6.07) is 19.1. The van der Waals surface area contributed by atoms with Crippen LogP contribution < -0.4 is 4.74 Å². The second-order valence-corrected chi connectivity index (χ2v) is 12.5. The van der Waals surface area contributed by atoms with Crippen LogP contribution in [0.3, 0.4) is 0 Å². The van der Waals surface area contributed by atoms with Crippen LogP contribution >= 0.6 is 23.4 Å². The summed E-state index contributed by atoms with van der Waals surface area (Å²) in [5, 5.41) is 9.68. The highest BCUT2D eigenvalue weighted by Crippen LogP contribution is 2.39. The molecule has 2 unspecified atom stereocenters. The number of halogens is 1. The zero-order valence-electron chi connectivity index (χ0n) is 24.3. The lowest BCUT2D eigenvalue weighted by atomic mass is 9.82. The summed E-state index contributed by atoms with van der Waals surface area (Å²) < 4.78 is 11.5. The van der Waals surface area contributed by atoms with Gasteiger partial charge in [-0.05, 0) is 80.5 Å². The third-order valence-corrected chi connectivity index (χ3v) is 8.48. The topological polar surface area (TPSA) is 76.1 Å². The van der Waals surface area contributed by atoms with Gasteiger partial charge in [0.15, 0.2) is 5.78 Å². The lowest BCUT2D eigenvalue weighted by molar-refractivity contribution is -0.129. The molecule has 1 N–H and O–H groups in total. The third kappa shape index (κ3) is 7.72. The Kier molecular flexibility index (Phi) is 10.2. The van der Waals surface area contributed by atoms with Crippen molar-refractivity contribution in [2.24, 2.45) is 5.92 Å². The predicted octanol–water partition coefficient (Wildman–Crippen LogP) is 6.47. The van der Waals surface area contributed by atoms with E-state index in [1.807, 2.05) is 75.2 Å². The van der Waals surface area contributed by atoms with Gasteiger partial charge in [0, 0.05) is 40.4 Å². The molecule has 4 rings (SSSR count). The summed E-state index contributed by atoms with van der Waals surface area (Å²) in [5.41, 5.74) is 3.80. The van der Waals surface area contributed by atoms with Crippen LogP contribution in [0.25, 0.3) is 0 Å². The number of ketones is 1. The Labute approximate surface area is 252 Å². The number of hydrogen-bond donors (Lipinski definition) is 1. The summed E-state index contributed by atoms with van der Waals surface area (Å²) in [6.45, 7) is 8.50. The van der Waals surface area contributed by atoms with Crippen LogP contribution in [0.15, 0.2) is 65.6 Å². The van der Waals surface area contributed by atoms with E-state index < -0.39 is 5.60 Å². The lowest BCUT2D eigenvalue weighted by Gasteiger charge is -2.29. The number of nitrogens with zero attached hydrogens (tertiary/aromatic N) is 1. The maximum absolute atomic E-state index is 13.9. The van der Waals surface area contributed by atoms with Gasteiger partial charge in [-0.25, -0.2) is 0 Å². The number of ether oxygens (including phenoxy) is 2. The molecule has 1 fully saturated rings. The number of hydrogen-bond acceptors (Lipinski definition) is 6. The quantitative estimate of drug-likeness (QED) is 0.156. The van der Waals surface area contributed by atoms with Crippen molar-refractivity contribution in [3.63, 3.8) is 0 Å². The van der Waals surface area contributed by atoms with Crippen molar-refractivity contribution in [1.29, 1.82) is 0 Å². The lowest BCUT2D eigenvalue weighted by Crippen LogP contribution is -2.34. The number of aliphatic hydroxyl groups excluding tert-OH is 1. The van der Waals surface area contributed by atoms with E-state index in [4.69, 9.17) is 26.2 Å². The molecule has 1 heterocycles. The van der Waals surface area contributed by atoms with Crippen LogP contribution in [0, 0.1) is 19.8 Å². The Bertz CT molecular complexity index is 1350. The minimum atomic E-state index is -0.639. The van der Waals surface area contributed by atoms with Crippen LogP contribution in [-0.2, 0) is 16.0 Å². The average molecular weight is 596 g/mol. The molecule has 0 aliphatic carbocycles. The molecule has 1 aliphatic heterocycles. The van der Waals surface area contributed by atoms with Crippen molar-refractivity contribution in [1.82, 2.24) is 4.90 Å². The third-order valence-electron chi connectivity index (χ3n) is 7.48. The van der Waals surface area contributed by atoms with Crippen molar-refractivity contribution in [2.75, 3.05) is 32.7 Å². The van der Waals surface area contributed by atoms with E-state index >= 15 is 0 Å². The zero-order valence-corrected chi connectivity index (χ0v) is 25.8. The van der Waals surface area contributed by atoms with E-state index in [1.165, 1.54) is 0 Å². The van der Waals surface area contributed by atoms with Gasteiger partial charge in [-0.1, -0.05) is 48.0 Å². The average Bonchev–Trinajstić information content (AvgIpc) is 3.40. The molecule has 0 aromatic heterocycles. The predicted molar refractivity (Wildman–Crippen MR) is 164 cm³/mol. The van der Waals surface area contributed by atoms with Crippen LogP contribution in [0.1, 0.15) is 52.4 Å². The number of aryl methyl sites for hydroxylation is 2. The molecule has 1 saturated heterocycles. The highest BCUT2D eigenvalue weighted by Gasteiger charge is 2.41. The molecule has 218 valence electrons.